The summed E-state index contributed by atoms with van der Waals surface area (Å²) in [6.45, 7) is 2.03. The lowest BCUT2D eigenvalue weighted by atomic mass is 10.0. The van der Waals surface area contributed by atoms with Gasteiger partial charge in [0.25, 0.3) is 15.9 Å². The Kier molecular flexibility index (Phi) is 5.28. The molecule has 1 amide bonds. The third-order valence-electron chi connectivity index (χ3n) is 5.15. The van der Waals surface area contributed by atoms with Gasteiger partial charge in [-0.05, 0) is 36.4 Å². The van der Waals surface area contributed by atoms with Crippen molar-refractivity contribution in [2.45, 2.75) is 23.5 Å². The van der Waals surface area contributed by atoms with Gasteiger partial charge in [0, 0.05) is 25.9 Å². The number of halogens is 1. The molecule has 0 unspecified atom stereocenters. The predicted octanol–water partition coefficient (Wildman–Crippen LogP) is 2.61. The first-order chi connectivity index (χ1) is 13.9. The minimum atomic E-state index is -3.96. The van der Waals surface area contributed by atoms with Crippen molar-refractivity contribution in [3.63, 3.8) is 0 Å². The number of benzene rings is 2. The van der Waals surface area contributed by atoms with E-state index in [4.69, 9.17) is 9.47 Å². The van der Waals surface area contributed by atoms with E-state index in [1.165, 1.54) is 18.2 Å². The highest BCUT2D eigenvalue weighted by Gasteiger charge is 2.41. The molecule has 1 spiro atoms. The summed E-state index contributed by atoms with van der Waals surface area (Å²) in [4.78, 5) is 14.6. The van der Waals surface area contributed by atoms with Crippen LogP contribution in [0.25, 0.3) is 0 Å². The van der Waals surface area contributed by atoms with Crippen LogP contribution in [0.3, 0.4) is 0 Å². The van der Waals surface area contributed by atoms with Crippen LogP contribution < -0.4 is 4.72 Å². The number of piperidine rings is 1. The Morgan fingerprint density at radius 2 is 1.62 bits per heavy atom. The van der Waals surface area contributed by atoms with Crippen molar-refractivity contribution in [2.75, 3.05) is 31.0 Å². The van der Waals surface area contributed by atoms with Crippen molar-refractivity contribution >= 4 is 21.6 Å². The summed E-state index contributed by atoms with van der Waals surface area (Å²) in [6.07, 6.45) is 1.14. The van der Waals surface area contributed by atoms with Crippen molar-refractivity contribution in [3.05, 3.63) is 59.9 Å². The average Bonchev–Trinajstić information content (AvgIpc) is 3.16. The minimum absolute atomic E-state index is 0.0865. The van der Waals surface area contributed by atoms with E-state index in [2.05, 4.69) is 4.72 Å². The van der Waals surface area contributed by atoms with E-state index in [1.807, 2.05) is 0 Å². The van der Waals surface area contributed by atoms with Crippen LogP contribution in [0.5, 0.6) is 0 Å². The van der Waals surface area contributed by atoms with Gasteiger partial charge in [-0.3, -0.25) is 9.52 Å². The molecule has 7 nitrogen and oxygen atoms in total. The first-order valence-corrected chi connectivity index (χ1v) is 10.8. The monoisotopic (exact) mass is 420 g/mol. The van der Waals surface area contributed by atoms with Gasteiger partial charge in [-0.1, -0.05) is 12.1 Å². The number of nitrogens with zero attached hydrogens (tertiary/aromatic N) is 1. The van der Waals surface area contributed by atoms with E-state index in [0.717, 1.165) is 12.1 Å². The van der Waals surface area contributed by atoms with Crippen molar-refractivity contribution in [2.24, 2.45) is 0 Å². The predicted molar refractivity (Wildman–Crippen MR) is 103 cm³/mol. The maximum absolute atomic E-state index is 13.1. The Hall–Kier alpha value is -2.49. The molecule has 0 atom stereocenters. The van der Waals surface area contributed by atoms with E-state index in [9.17, 15) is 17.6 Å². The number of anilines is 1. The Bertz CT molecular complexity index is 994. The number of amides is 1. The van der Waals surface area contributed by atoms with Crippen molar-refractivity contribution in [1.82, 2.24) is 4.90 Å². The molecule has 0 aromatic heterocycles. The third kappa shape index (κ3) is 4.12. The van der Waals surface area contributed by atoms with Gasteiger partial charge in [-0.25, -0.2) is 12.8 Å². The van der Waals surface area contributed by atoms with E-state index in [1.54, 1.807) is 23.1 Å². The second-order valence-corrected chi connectivity index (χ2v) is 8.69. The molecule has 154 valence electrons. The fourth-order valence-corrected chi connectivity index (χ4v) is 4.66. The molecular weight excluding hydrogens is 399 g/mol. The number of nitrogens with one attached hydrogen (secondary N) is 1. The number of rotatable bonds is 4. The Morgan fingerprint density at radius 3 is 2.28 bits per heavy atom. The molecule has 9 heteroatoms. The first-order valence-electron chi connectivity index (χ1n) is 9.33. The lowest BCUT2D eigenvalue weighted by Crippen LogP contribution is -2.47. The number of likely N-dealkylation sites (tertiary alicyclic amines) is 1. The SMILES string of the molecule is O=C(c1ccccc1NS(=O)(=O)c1ccc(F)cc1)N1CCC2(CC1)OCCO2. The summed E-state index contributed by atoms with van der Waals surface area (Å²) in [7, 11) is -3.96. The molecule has 4 rings (SSSR count). The third-order valence-corrected chi connectivity index (χ3v) is 6.53. The minimum Gasteiger partial charge on any atom is -0.347 e. The number of sulfonamides is 1. The Morgan fingerprint density at radius 1 is 1.00 bits per heavy atom. The molecule has 2 heterocycles. The highest BCUT2D eigenvalue weighted by molar-refractivity contribution is 7.92. The smallest absolute Gasteiger partial charge is 0.261 e. The zero-order chi connectivity index (χ0) is 20.5. The number of hydrogen-bond acceptors (Lipinski definition) is 5. The van der Waals surface area contributed by atoms with Gasteiger partial charge >= 0.3 is 0 Å². The number of carbonyl (C=O) groups is 1. The molecule has 2 aromatic carbocycles. The van der Waals surface area contributed by atoms with Gasteiger partial charge in [-0.15, -0.1) is 0 Å². The summed E-state index contributed by atoms with van der Waals surface area (Å²) < 4.78 is 52.2. The average molecular weight is 420 g/mol. The maximum atomic E-state index is 13.1. The van der Waals surface area contributed by atoms with Crippen LogP contribution in [0.1, 0.15) is 23.2 Å². The molecule has 2 aromatic rings. The van der Waals surface area contributed by atoms with Gasteiger partial charge in [0.15, 0.2) is 5.79 Å². The van der Waals surface area contributed by atoms with Gasteiger partial charge in [0.1, 0.15) is 5.82 Å². The van der Waals surface area contributed by atoms with Gasteiger partial charge in [0.2, 0.25) is 0 Å². The quantitative estimate of drug-likeness (QED) is 0.822. The zero-order valence-electron chi connectivity index (χ0n) is 15.6. The highest BCUT2D eigenvalue weighted by Crippen LogP contribution is 2.32. The zero-order valence-corrected chi connectivity index (χ0v) is 16.5. The summed E-state index contributed by atoms with van der Waals surface area (Å²) in [5.74, 6) is -1.40. The topological polar surface area (TPSA) is 84.9 Å². The standard InChI is InChI=1S/C20H21FN2O5S/c21-15-5-7-16(8-6-15)29(25,26)22-18-4-2-1-3-17(18)19(24)23-11-9-20(10-12-23)27-13-14-28-20/h1-8,22H,9-14H2. The van der Waals surface area contributed by atoms with Crippen LogP contribution in [0, 0.1) is 5.82 Å². The molecule has 2 fully saturated rings. The van der Waals surface area contributed by atoms with Crippen LogP contribution >= 0.6 is 0 Å². The number of para-hydroxylation sites is 1. The van der Waals surface area contributed by atoms with Crippen molar-refractivity contribution in [1.29, 1.82) is 0 Å². The first kappa shape index (κ1) is 19.8. The normalized spacial score (nSPS) is 18.7. The molecule has 0 saturated carbocycles. The van der Waals surface area contributed by atoms with Crippen molar-refractivity contribution in [3.8, 4) is 0 Å². The summed E-state index contributed by atoms with van der Waals surface area (Å²) in [5, 5.41) is 0. The highest BCUT2D eigenvalue weighted by atomic mass is 32.2. The van der Waals surface area contributed by atoms with Crippen LogP contribution in [0.2, 0.25) is 0 Å². The summed E-state index contributed by atoms with van der Waals surface area (Å²) in [6, 6.07) is 10.9. The molecular formula is C20H21FN2O5S. The molecule has 0 bridgehead atoms. The van der Waals surface area contributed by atoms with Crippen LogP contribution in [-0.2, 0) is 19.5 Å². The largest absolute Gasteiger partial charge is 0.347 e. The van der Waals surface area contributed by atoms with Gasteiger partial charge in [-0.2, -0.15) is 0 Å². The second kappa shape index (κ2) is 7.74. The van der Waals surface area contributed by atoms with Gasteiger partial charge in [0.05, 0.1) is 29.4 Å². The molecule has 1 N–H and O–H groups in total. The van der Waals surface area contributed by atoms with Crippen LogP contribution in [-0.4, -0.2) is 51.3 Å². The molecule has 0 aliphatic carbocycles. The van der Waals surface area contributed by atoms with E-state index in [-0.39, 0.29) is 22.1 Å². The van der Waals surface area contributed by atoms with Crippen LogP contribution in [0.15, 0.2) is 53.4 Å². The van der Waals surface area contributed by atoms with Crippen molar-refractivity contribution < 1.29 is 27.1 Å². The fraction of sp³-hybridized carbons (Fsp3) is 0.350. The van der Waals surface area contributed by atoms with E-state index >= 15 is 0 Å². The number of carbonyl (C=O) groups excluding carboxylic acids is 1. The molecule has 2 saturated heterocycles. The van der Waals surface area contributed by atoms with E-state index in [0.29, 0.717) is 39.1 Å². The maximum Gasteiger partial charge on any atom is 0.261 e. The Balaban J connectivity index is 1.52. The summed E-state index contributed by atoms with van der Waals surface area (Å²) in [5.41, 5.74) is 0.429. The fourth-order valence-electron chi connectivity index (χ4n) is 3.58. The van der Waals surface area contributed by atoms with Crippen LogP contribution in [0.4, 0.5) is 10.1 Å². The lowest BCUT2D eigenvalue weighted by molar-refractivity contribution is -0.181. The Labute approximate surface area is 168 Å². The number of ether oxygens (including phenoxy) is 2. The lowest BCUT2D eigenvalue weighted by Gasteiger charge is -2.37. The molecule has 29 heavy (non-hydrogen) atoms. The molecule has 0 radical (unpaired) electrons. The molecule has 2 aliphatic rings. The van der Waals surface area contributed by atoms with Gasteiger partial charge < -0.3 is 14.4 Å². The molecule has 2 aliphatic heterocycles. The number of hydrogen-bond donors (Lipinski definition) is 1. The second-order valence-electron chi connectivity index (χ2n) is 7.00. The summed E-state index contributed by atoms with van der Waals surface area (Å²) >= 11 is 0. The van der Waals surface area contributed by atoms with E-state index < -0.39 is 21.6 Å².